The molecule has 0 heterocycles. The van der Waals surface area contributed by atoms with Gasteiger partial charge in [0.25, 0.3) is 0 Å². The summed E-state index contributed by atoms with van der Waals surface area (Å²) >= 11 is 1.62. The summed E-state index contributed by atoms with van der Waals surface area (Å²) in [6.45, 7) is 12.1. The molecule has 0 aromatic carbocycles. The summed E-state index contributed by atoms with van der Waals surface area (Å²) in [5, 5.41) is 3.19. The molecule has 0 spiro atoms. The third-order valence-corrected chi connectivity index (χ3v) is 7.83. The third-order valence-electron chi connectivity index (χ3n) is 6.62. The van der Waals surface area contributed by atoms with Gasteiger partial charge in [0.2, 0.25) is 0 Å². The number of esters is 2. The minimum Gasteiger partial charge on any atom is -0.462 e. The molecule has 0 radical (unpaired) electrons. The summed E-state index contributed by atoms with van der Waals surface area (Å²) < 4.78 is 10.5. The summed E-state index contributed by atoms with van der Waals surface area (Å²) in [4.78, 5) is 63.4. The van der Waals surface area contributed by atoms with Gasteiger partial charge in [-0.1, -0.05) is 13.8 Å². The van der Waals surface area contributed by atoms with Crippen LogP contribution in [0.2, 0.25) is 0 Å². The number of ether oxygens (including phenoxy) is 2. The van der Waals surface area contributed by atoms with E-state index in [0.717, 1.165) is 83.1 Å². The highest BCUT2D eigenvalue weighted by Crippen LogP contribution is 2.11. The number of aldehydes is 3. The molecule has 0 bridgehead atoms. The fraction of sp³-hybridized carbons (Fsp3) is 0.833. The van der Waals surface area contributed by atoms with E-state index in [2.05, 4.69) is 26.9 Å². The second-order valence-corrected chi connectivity index (χ2v) is 11.5. The second kappa shape index (κ2) is 29.2. The van der Waals surface area contributed by atoms with E-state index in [-0.39, 0.29) is 37.5 Å². The summed E-state index contributed by atoms with van der Waals surface area (Å²) in [7, 11) is 1.96. The van der Waals surface area contributed by atoms with Crippen LogP contribution in [0.1, 0.15) is 58.8 Å². The van der Waals surface area contributed by atoms with Gasteiger partial charge in [0, 0.05) is 63.5 Å². The van der Waals surface area contributed by atoms with Crippen LogP contribution in [0.25, 0.3) is 0 Å². The van der Waals surface area contributed by atoms with Gasteiger partial charge in [-0.15, -0.1) is 0 Å². The average molecular weight is 617 g/mol. The minimum atomic E-state index is -0.348. The van der Waals surface area contributed by atoms with Crippen molar-refractivity contribution in [3.05, 3.63) is 0 Å². The van der Waals surface area contributed by atoms with E-state index in [1.807, 2.05) is 7.05 Å². The maximum atomic E-state index is 12.3. The second-order valence-electron chi connectivity index (χ2n) is 10.3. The fourth-order valence-corrected chi connectivity index (χ4v) is 5.35. The molecule has 0 aromatic rings. The van der Waals surface area contributed by atoms with Crippen LogP contribution >= 0.6 is 11.8 Å². The molecule has 0 aliphatic rings. The van der Waals surface area contributed by atoms with Crippen molar-refractivity contribution in [1.82, 2.24) is 20.0 Å². The topological polar surface area (TPSA) is 126 Å². The van der Waals surface area contributed by atoms with Crippen LogP contribution in [-0.2, 0) is 33.4 Å². The lowest BCUT2D eigenvalue weighted by atomic mass is 10.2. The summed E-state index contributed by atoms with van der Waals surface area (Å²) in [6, 6.07) is 0. The minimum absolute atomic E-state index is 0.0137. The Morgan fingerprint density at radius 2 is 1.31 bits per heavy atom. The molecular weight excluding hydrogens is 560 g/mol. The van der Waals surface area contributed by atoms with E-state index in [4.69, 9.17) is 9.47 Å². The number of carbonyl (C=O) groups is 5. The van der Waals surface area contributed by atoms with Crippen LogP contribution in [0.3, 0.4) is 0 Å². The number of rotatable bonds is 31. The first kappa shape index (κ1) is 40.1. The Kier molecular flexibility index (Phi) is 27.9. The molecule has 0 saturated heterocycles. The molecule has 1 atom stereocenters. The van der Waals surface area contributed by atoms with Crippen LogP contribution in [0.5, 0.6) is 0 Å². The van der Waals surface area contributed by atoms with Gasteiger partial charge in [-0.05, 0) is 59.0 Å². The van der Waals surface area contributed by atoms with Crippen molar-refractivity contribution in [2.24, 2.45) is 5.92 Å². The third kappa shape index (κ3) is 23.7. The van der Waals surface area contributed by atoms with Gasteiger partial charge in [-0.3, -0.25) is 9.59 Å². The standard InChI is InChI=1S/C30H56N4O7S/c1-4-12-32(13-5-11-31-3)14-6-15-33(16-7-21-35)19-10-29(38)40-24-25-41-30(39)28(2)27-42-26-20-34(17-8-22-36)18-9-23-37/h21-23,28,31H,4-20,24-27H2,1-3H3. The summed E-state index contributed by atoms with van der Waals surface area (Å²) in [5.41, 5.74) is 0. The van der Waals surface area contributed by atoms with Crippen molar-refractivity contribution in [2.45, 2.75) is 58.8 Å². The van der Waals surface area contributed by atoms with Gasteiger partial charge < -0.3 is 43.9 Å². The molecular formula is C30H56N4O7S. The van der Waals surface area contributed by atoms with Crippen molar-refractivity contribution in [3.63, 3.8) is 0 Å². The Labute approximate surface area is 257 Å². The summed E-state index contributed by atoms with van der Waals surface area (Å²) in [6.07, 6.45) is 7.36. The number of thioether (sulfide) groups is 1. The van der Waals surface area contributed by atoms with Crippen molar-refractivity contribution in [3.8, 4) is 0 Å². The van der Waals surface area contributed by atoms with E-state index >= 15 is 0 Å². The molecule has 0 aromatic heterocycles. The van der Waals surface area contributed by atoms with Gasteiger partial charge in [0.15, 0.2) is 0 Å². The normalized spacial score (nSPS) is 12.0. The molecule has 0 rings (SSSR count). The lowest BCUT2D eigenvalue weighted by molar-refractivity contribution is -0.154. The van der Waals surface area contributed by atoms with Gasteiger partial charge in [0.1, 0.15) is 32.1 Å². The quantitative estimate of drug-likeness (QED) is 0.0695. The number of hydrogen-bond donors (Lipinski definition) is 1. The van der Waals surface area contributed by atoms with E-state index in [9.17, 15) is 24.0 Å². The largest absolute Gasteiger partial charge is 0.462 e. The predicted octanol–water partition coefficient (Wildman–Crippen LogP) is 1.91. The SMILES string of the molecule is CCCN(CCCNC)CCCN(CCC=O)CCC(=O)OCCOC(=O)C(C)CSCCN(CCC=O)CCC=O. The zero-order chi connectivity index (χ0) is 31.3. The highest BCUT2D eigenvalue weighted by atomic mass is 32.2. The number of nitrogens with zero attached hydrogens (tertiary/aromatic N) is 3. The van der Waals surface area contributed by atoms with Gasteiger partial charge in [-0.2, -0.15) is 11.8 Å². The van der Waals surface area contributed by atoms with E-state index in [0.29, 0.717) is 51.2 Å². The summed E-state index contributed by atoms with van der Waals surface area (Å²) in [5.74, 6) is 0.396. The molecule has 0 amide bonds. The zero-order valence-electron chi connectivity index (χ0n) is 26.3. The number of hydrogen-bond acceptors (Lipinski definition) is 12. The molecule has 244 valence electrons. The molecule has 12 heteroatoms. The van der Waals surface area contributed by atoms with Crippen LogP contribution in [0, 0.1) is 5.92 Å². The Bertz CT molecular complexity index is 705. The lowest BCUT2D eigenvalue weighted by Gasteiger charge is -2.25. The Balaban J connectivity index is 4.22. The molecule has 11 nitrogen and oxygen atoms in total. The molecule has 0 saturated carbocycles. The predicted molar refractivity (Wildman–Crippen MR) is 168 cm³/mol. The van der Waals surface area contributed by atoms with Gasteiger partial charge in [-0.25, -0.2) is 0 Å². The molecule has 0 aliphatic carbocycles. The molecule has 0 aliphatic heterocycles. The zero-order valence-corrected chi connectivity index (χ0v) is 27.1. The molecule has 42 heavy (non-hydrogen) atoms. The van der Waals surface area contributed by atoms with Crippen molar-refractivity contribution in [2.75, 3.05) is 97.2 Å². The maximum absolute atomic E-state index is 12.3. The average Bonchev–Trinajstić information content (AvgIpc) is 2.99. The highest BCUT2D eigenvalue weighted by molar-refractivity contribution is 7.99. The van der Waals surface area contributed by atoms with E-state index < -0.39 is 0 Å². The molecule has 0 fully saturated rings. The van der Waals surface area contributed by atoms with Crippen LogP contribution in [0.15, 0.2) is 0 Å². The molecule has 1 unspecified atom stereocenters. The Hall–Kier alpha value is -1.86. The first-order valence-corrected chi connectivity index (χ1v) is 16.6. The first-order chi connectivity index (χ1) is 20.4. The van der Waals surface area contributed by atoms with Crippen LogP contribution < -0.4 is 5.32 Å². The number of carbonyl (C=O) groups excluding carboxylic acids is 5. The Morgan fingerprint density at radius 3 is 1.88 bits per heavy atom. The number of nitrogens with one attached hydrogen (secondary N) is 1. The lowest BCUT2D eigenvalue weighted by Crippen LogP contribution is -2.34. The van der Waals surface area contributed by atoms with Crippen molar-refractivity contribution < 1.29 is 33.4 Å². The van der Waals surface area contributed by atoms with E-state index in [1.165, 1.54) is 0 Å². The Morgan fingerprint density at radius 1 is 0.762 bits per heavy atom. The first-order valence-electron chi connectivity index (χ1n) is 15.4. The van der Waals surface area contributed by atoms with Crippen LogP contribution in [-0.4, -0.2) is 143 Å². The monoisotopic (exact) mass is 616 g/mol. The molecule has 1 N–H and O–H groups in total. The van der Waals surface area contributed by atoms with Gasteiger partial charge in [0.05, 0.1) is 12.3 Å². The van der Waals surface area contributed by atoms with Gasteiger partial charge >= 0.3 is 11.9 Å². The van der Waals surface area contributed by atoms with Crippen LogP contribution in [0.4, 0.5) is 0 Å². The highest BCUT2D eigenvalue weighted by Gasteiger charge is 2.16. The maximum Gasteiger partial charge on any atom is 0.309 e. The smallest absolute Gasteiger partial charge is 0.309 e. The van der Waals surface area contributed by atoms with Crippen molar-refractivity contribution >= 4 is 42.6 Å². The van der Waals surface area contributed by atoms with E-state index in [1.54, 1.807) is 18.7 Å². The van der Waals surface area contributed by atoms with Crippen molar-refractivity contribution in [1.29, 1.82) is 0 Å². The fourth-order valence-electron chi connectivity index (χ4n) is 4.31.